The molecule has 25 heavy (non-hydrogen) atoms. The molecule has 3 rings (SSSR count). The molecule has 0 saturated carbocycles. The van der Waals surface area contributed by atoms with Crippen molar-refractivity contribution in [3.8, 4) is 5.75 Å². The molecule has 126 valence electrons. The number of hydrogen-bond acceptors (Lipinski definition) is 4. The minimum absolute atomic E-state index is 0.250. The Hall–Kier alpha value is -2.92. The second-order valence-electron chi connectivity index (χ2n) is 5.47. The van der Waals surface area contributed by atoms with Crippen molar-refractivity contribution in [1.29, 1.82) is 0 Å². The van der Waals surface area contributed by atoms with E-state index in [9.17, 15) is 4.79 Å². The number of ether oxygens (including phenoxy) is 1. The largest absolute Gasteiger partial charge is 0.489 e. The second-order valence-corrected chi connectivity index (χ2v) is 6.41. The van der Waals surface area contributed by atoms with E-state index in [1.54, 1.807) is 41.8 Å². The summed E-state index contributed by atoms with van der Waals surface area (Å²) in [5.74, 6) is 0.471. The molecule has 0 fully saturated rings. The molecule has 0 bridgehead atoms. The number of nitrogens with one attached hydrogen (secondary N) is 1. The zero-order chi connectivity index (χ0) is 17.5. The van der Waals surface area contributed by atoms with E-state index < -0.39 is 0 Å². The summed E-state index contributed by atoms with van der Waals surface area (Å²) in [4.78, 5) is 13.1. The first kappa shape index (κ1) is 16.9. The van der Waals surface area contributed by atoms with Gasteiger partial charge in [-0.2, -0.15) is 5.10 Å². The van der Waals surface area contributed by atoms with E-state index in [0.717, 1.165) is 21.8 Å². The van der Waals surface area contributed by atoms with E-state index in [0.29, 0.717) is 12.2 Å². The lowest BCUT2D eigenvalue weighted by molar-refractivity contribution is 0.0955. The predicted octanol–water partition coefficient (Wildman–Crippen LogP) is 4.40. The summed E-state index contributed by atoms with van der Waals surface area (Å²) in [6, 6.07) is 19.0. The Labute approximate surface area is 150 Å². The summed E-state index contributed by atoms with van der Waals surface area (Å²) < 4.78 is 5.71. The van der Waals surface area contributed by atoms with Crippen LogP contribution in [-0.2, 0) is 6.61 Å². The second kappa shape index (κ2) is 8.26. The fourth-order valence-corrected chi connectivity index (χ4v) is 2.96. The fraction of sp³-hybridized carbons (Fsp3) is 0.100. The lowest BCUT2D eigenvalue weighted by Crippen LogP contribution is -2.17. The van der Waals surface area contributed by atoms with Crippen LogP contribution in [0.15, 0.2) is 71.1 Å². The van der Waals surface area contributed by atoms with Crippen LogP contribution in [0.25, 0.3) is 0 Å². The van der Waals surface area contributed by atoms with Gasteiger partial charge in [0.15, 0.2) is 0 Å². The standard InChI is InChI=1S/C20H18N2O2S/c1-15-11-12-25-19(15)13-21-22-20(23)17-7-9-18(10-8-17)24-14-16-5-3-2-4-6-16/h2-13H,14H2,1H3,(H,22,23)/b21-13+. The average molecular weight is 350 g/mol. The molecule has 0 aliphatic carbocycles. The first-order valence-corrected chi connectivity index (χ1v) is 8.74. The van der Waals surface area contributed by atoms with Gasteiger partial charge in [-0.1, -0.05) is 30.3 Å². The molecule has 4 nitrogen and oxygen atoms in total. The van der Waals surface area contributed by atoms with E-state index in [2.05, 4.69) is 10.5 Å². The zero-order valence-corrected chi connectivity index (χ0v) is 14.6. The maximum atomic E-state index is 12.1. The summed E-state index contributed by atoms with van der Waals surface area (Å²) in [6.45, 7) is 2.50. The van der Waals surface area contributed by atoms with Crippen LogP contribution in [0.1, 0.15) is 26.4 Å². The van der Waals surface area contributed by atoms with Crippen LogP contribution in [0.5, 0.6) is 5.75 Å². The van der Waals surface area contributed by atoms with Crippen LogP contribution in [0, 0.1) is 6.92 Å². The van der Waals surface area contributed by atoms with Crippen molar-refractivity contribution >= 4 is 23.5 Å². The van der Waals surface area contributed by atoms with Crippen LogP contribution >= 0.6 is 11.3 Å². The Morgan fingerprint density at radius 1 is 1.12 bits per heavy atom. The van der Waals surface area contributed by atoms with Gasteiger partial charge in [0.1, 0.15) is 12.4 Å². The first-order valence-electron chi connectivity index (χ1n) is 7.86. The molecule has 0 saturated heterocycles. The van der Waals surface area contributed by atoms with Crippen molar-refractivity contribution in [3.63, 3.8) is 0 Å². The highest BCUT2D eigenvalue weighted by molar-refractivity contribution is 7.11. The molecule has 1 aromatic heterocycles. The highest BCUT2D eigenvalue weighted by Crippen LogP contribution is 2.15. The number of amides is 1. The Morgan fingerprint density at radius 2 is 1.88 bits per heavy atom. The highest BCUT2D eigenvalue weighted by atomic mass is 32.1. The lowest BCUT2D eigenvalue weighted by Gasteiger charge is -2.07. The van der Waals surface area contributed by atoms with Crippen molar-refractivity contribution in [2.45, 2.75) is 13.5 Å². The number of hydrogen-bond donors (Lipinski definition) is 1. The van der Waals surface area contributed by atoms with Gasteiger partial charge >= 0.3 is 0 Å². The quantitative estimate of drug-likeness (QED) is 0.529. The molecule has 1 heterocycles. The van der Waals surface area contributed by atoms with Crippen LogP contribution in [0.3, 0.4) is 0 Å². The smallest absolute Gasteiger partial charge is 0.271 e. The number of nitrogens with zero attached hydrogens (tertiary/aromatic N) is 1. The van der Waals surface area contributed by atoms with E-state index in [4.69, 9.17) is 4.74 Å². The van der Waals surface area contributed by atoms with Crippen LogP contribution in [0.4, 0.5) is 0 Å². The third kappa shape index (κ3) is 4.78. The third-order valence-electron chi connectivity index (χ3n) is 3.61. The molecule has 1 N–H and O–H groups in total. The number of benzene rings is 2. The van der Waals surface area contributed by atoms with Gasteiger partial charge in [0, 0.05) is 10.4 Å². The van der Waals surface area contributed by atoms with E-state index in [1.165, 1.54) is 0 Å². The summed E-state index contributed by atoms with van der Waals surface area (Å²) in [7, 11) is 0. The molecule has 0 spiro atoms. The van der Waals surface area contributed by atoms with E-state index >= 15 is 0 Å². The summed E-state index contributed by atoms with van der Waals surface area (Å²) in [5.41, 5.74) is 5.31. The fourth-order valence-electron chi connectivity index (χ4n) is 2.17. The van der Waals surface area contributed by atoms with E-state index in [1.807, 2.05) is 48.7 Å². The monoisotopic (exact) mass is 350 g/mol. The minimum atomic E-state index is -0.250. The van der Waals surface area contributed by atoms with Crippen LogP contribution in [0.2, 0.25) is 0 Å². The molecule has 0 radical (unpaired) electrons. The number of aryl methyl sites for hydroxylation is 1. The number of carbonyl (C=O) groups excluding carboxylic acids is 1. The zero-order valence-electron chi connectivity index (χ0n) is 13.8. The van der Waals surface area contributed by atoms with E-state index in [-0.39, 0.29) is 5.91 Å². The number of carbonyl (C=O) groups is 1. The summed E-state index contributed by atoms with van der Waals surface area (Å²) in [5, 5.41) is 6.00. The Balaban J connectivity index is 1.53. The van der Waals surface area contributed by atoms with Crippen LogP contribution in [-0.4, -0.2) is 12.1 Å². The first-order chi connectivity index (χ1) is 12.2. The molecule has 0 aliphatic heterocycles. The van der Waals surface area contributed by atoms with Gasteiger partial charge in [0.2, 0.25) is 0 Å². The topological polar surface area (TPSA) is 50.7 Å². The van der Waals surface area contributed by atoms with Crippen LogP contribution < -0.4 is 10.2 Å². The molecule has 3 aromatic rings. The van der Waals surface area contributed by atoms with Gasteiger partial charge in [-0.15, -0.1) is 11.3 Å². The third-order valence-corrected chi connectivity index (χ3v) is 4.57. The Bertz CT molecular complexity index is 855. The van der Waals surface area contributed by atoms with Gasteiger partial charge in [-0.25, -0.2) is 5.43 Å². The normalized spacial score (nSPS) is 10.8. The predicted molar refractivity (Wildman–Crippen MR) is 101 cm³/mol. The Morgan fingerprint density at radius 3 is 2.56 bits per heavy atom. The van der Waals surface area contributed by atoms with Gasteiger partial charge < -0.3 is 4.74 Å². The van der Waals surface area contributed by atoms with Gasteiger partial charge in [-0.05, 0) is 53.8 Å². The molecule has 5 heteroatoms. The SMILES string of the molecule is Cc1ccsc1/C=N/NC(=O)c1ccc(OCc2ccccc2)cc1. The highest BCUT2D eigenvalue weighted by Gasteiger charge is 2.05. The average Bonchev–Trinajstić information content (AvgIpc) is 3.06. The molecule has 2 aromatic carbocycles. The number of thiophene rings is 1. The molecular formula is C20H18N2O2S. The summed E-state index contributed by atoms with van der Waals surface area (Å²) in [6.07, 6.45) is 1.66. The molecular weight excluding hydrogens is 332 g/mol. The molecule has 0 unspecified atom stereocenters. The number of rotatable bonds is 6. The van der Waals surface area contributed by atoms with Crippen molar-refractivity contribution in [3.05, 3.63) is 87.6 Å². The Kier molecular flexibility index (Phi) is 5.59. The van der Waals surface area contributed by atoms with Gasteiger partial charge in [0.05, 0.1) is 6.21 Å². The minimum Gasteiger partial charge on any atom is -0.489 e. The number of hydrazone groups is 1. The van der Waals surface area contributed by atoms with Crippen molar-refractivity contribution in [1.82, 2.24) is 5.43 Å². The lowest BCUT2D eigenvalue weighted by atomic mass is 10.2. The maximum Gasteiger partial charge on any atom is 0.271 e. The maximum absolute atomic E-state index is 12.1. The molecule has 0 aliphatic rings. The van der Waals surface area contributed by atoms with Gasteiger partial charge in [-0.3, -0.25) is 4.79 Å². The summed E-state index contributed by atoms with van der Waals surface area (Å²) >= 11 is 1.59. The van der Waals surface area contributed by atoms with Gasteiger partial charge in [0.25, 0.3) is 5.91 Å². The van der Waals surface area contributed by atoms with Crippen molar-refractivity contribution in [2.24, 2.45) is 5.10 Å². The molecule has 0 atom stereocenters. The van der Waals surface area contributed by atoms with Crippen molar-refractivity contribution in [2.75, 3.05) is 0 Å². The molecule has 1 amide bonds. The van der Waals surface area contributed by atoms with Crippen molar-refractivity contribution < 1.29 is 9.53 Å².